The highest BCUT2D eigenvalue weighted by Gasteiger charge is 2.26. The highest BCUT2D eigenvalue weighted by molar-refractivity contribution is 5.74. The van der Waals surface area contributed by atoms with Crippen LogP contribution in [0.5, 0.6) is 0 Å². The van der Waals surface area contributed by atoms with Gasteiger partial charge in [-0.3, -0.25) is 4.79 Å². The van der Waals surface area contributed by atoms with Crippen LogP contribution >= 0.6 is 0 Å². The van der Waals surface area contributed by atoms with Crippen molar-refractivity contribution in [1.29, 1.82) is 0 Å². The summed E-state index contributed by atoms with van der Waals surface area (Å²) in [6.45, 7) is 4.94. The highest BCUT2D eigenvalue weighted by atomic mass is 16.5. The Kier molecular flexibility index (Phi) is 5.20. The lowest BCUT2D eigenvalue weighted by molar-refractivity contribution is -0.145. The summed E-state index contributed by atoms with van der Waals surface area (Å²) in [7, 11) is 0. The molecule has 0 N–H and O–H groups in total. The number of hydrogen-bond donors (Lipinski definition) is 0. The average molecular weight is 264 g/mol. The predicted molar refractivity (Wildman–Crippen MR) is 74.5 cm³/mol. The van der Waals surface area contributed by atoms with Gasteiger partial charge in [-0.2, -0.15) is 0 Å². The fourth-order valence-electron chi connectivity index (χ4n) is 2.69. The van der Waals surface area contributed by atoms with E-state index in [9.17, 15) is 4.79 Å². The lowest BCUT2D eigenvalue weighted by Gasteiger charge is -2.25. The van der Waals surface area contributed by atoms with Crippen molar-refractivity contribution in [3.63, 3.8) is 0 Å². The van der Waals surface area contributed by atoms with Gasteiger partial charge in [-0.25, -0.2) is 0 Å². The van der Waals surface area contributed by atoms with Gasteiger partial charge in [0.1, 0.15) is 5.76 Å². The summed E-state index contributed by atoms with van der Waals surface area (Å²) in [5.41, 5.74) is 0. The van der Waals surface area contributed by atoms with Gasteiger partial charge in [0.05, 0.1) is 12.0 Å². The van der Waals surface area contributed by atoms with Gasteiger partial charge in [0.25, 0.3) is 0 Å². The summed E-state index contributed by atoms with van der Waals surface area (Å²) in [5, 5.41) is 0. The predicted octanol–water partition coefficient (Wildman–Crippen LogP) is 3.60. The Morgan fingerprint density at radius 1 is 1.32 bits per heavy atom. The number of rotatable bonds is 4. The molecule has 1 fully saturated rings. The number of carbonyl (C=O) groups is 1. The molecule has 2 rings (SSSR count). The molecule has 106 valence electrons. The molecule has 0 aromatic carbocycles. The molecule has 2 aliphatic rings. The number of hydrogen-bond acceptors (Lipinski definition) is 3. The Bertz CT molecular complexity index is 362. The lowest BCUT2D eigenvalue weighted by atomic mass is 9.83. The standard InChI is InChI=1S/C16H24O3/c1-3-18-14-8-10-15(11-9-14)19-16(17)13-6-4-12(2)5-7-13/h8,10-14H,3-7,9H2,1-2H3. The SMILES string of the molecule is CCOC1C=CC(OC(=O)C2CCC(C)CC2)=CC1. The summed E-state index contributed by atoms with van der Waals surface area (Å²) < 4.78 is 11.0. The molecule has 1 unspecified atom stereocenters. The quantitative estimate of drug-likeness (QED) is 0.728. The Morgan fingerprint density at radius 3 is 2.63 bits per heavy atom. The first kappa shape index (κ1) is 14.3. The number of allylic oxidation sites excluding steroid dienone is 1. The van der Waals surface area contributed by atoms with Crippen LogP contribution < -0.4 is 0 Å². The zero-order chi connectivity index (χ0) is 13.7. The van der Waals surface area contributed by atoms with Crippen molar-refractivity contribution >= 4 is 5.97 Å². The molecule has 2 aliphatic carbocycles. The van der Waals surface area contributed by atoms with E-state index in [0.29, 0.717) is 12.4 Å². The van der Waals surface area contributed by atoms with Crippen LogP contribution in [-0.4, -0.2) is 18.7 Å². The van der Waals surface area contributed by atoms with E-state index in [2.05, 4.69) is 6.92 Å². The molecule has 0 amide bonds. The van der Waals surface area contributed by atoms with Gasteiger partial charge in [0.2, 0.25) is 0 Å². The molecule has 1 saturated carbocycles. The first-order chi connectivity index (χ1) is 9.19. The van der Waals surface area contributed by atoms with E-state index in [0.717, 1.165) is 38.0 Å². The monoisotopic (exact) mass is 264 g/mol. The van der Waals surface area contributed by atoms with Crippen LogP contribution in [0.1, 0.15) is 46.0 Å². The van der Waals surface area contributed by atoms with Crippen LogP contribution in [-0.2, 0) is 14.3 Å². The third-order valence-corrected chi connectivity index (χ3v) is 3.97. The van der Waals surface area contributed by atoms with Gasteiger partial charge in [-0.15, -0.1) is 0 Å². The molecule has 0 heterocycles. The Hall–Kier alpha value is -1.09. The third kappa shape index (κ3) is 4.20. The van der Waals surface area contributed by atoms with E-state index >= 15 is 0 Å². The van der Waals surface area contributed by atoms with Crippen molar-refractivity contribution in [2.75, 3.05) is 6.61 Å². The zero-order valence-corrected chi connectivity index (χ0v) is 11.9. The summed E-state index contributed by atoms with van der Waals surface area (Å²) >= 11 is 0. The van der Waals surface area contributed by atoms with Gasteiger partial charge in [0, 0.05) is 6.61 Å². The number of esters is 1. The summed E-state index contributed by atoms with van der Waals surface area (Å²) in [5.74, 6) is 1.47. The van der Waals surface area contributed by atoms with Crippen molar-refractivity contribution < 1.29 is 14.3 Å². The first-order valence-electron chi connectivity index (χ1n) is 7.40. The van der Waals surface area contributed by atoms with Crippen molar-refractivity contribution in [3.8, 4) is 0 Å². The van der Waals surface area contributed by atoms with Crippen LogP contribution in [0.3, 0.4) is 0 Å². The van der Waals surface area contributed by atoms with Gasteiger partial charge >= 0.3 is 5.97 Å². The maximum absolute atomic E-state index is 12.1. The molecule has 0 spiro atoms. The van der Waals surface area contributed by atoms with Crippen LogP contribution in [0, 0.1) is 11.8 Å². The Morgan fingerprint density at radius 2 is 2.05 bits per heavy atom. The molecule has 0 radical (unpaired) electrons. The normalized spacial score (nSPS) is 30.8. The lowest BCUT2D eigenvalue weighted by Crippen LogP contribution is -2.23. The molecule has 0 aromatic rings. The molecule has 1 atom stereocenters. The summed E-state index contributed by atoms with van der Waals surface area (Å²) in [4.78, 5) is 12.1. The largest absolute Gasteiger partial charge is 0.427 e. The first-order valence-corrected chi connectivity index (χ1v) is 7.40. The summed E-state index contributed by atoms with van der Waals surface area (Å²) in [6, 6.07) is 0. The topological polar surface area (TPSA) is 35.5 Å². The average Bonchev–Trinajstić information content (AvgIpc) is 2.42. The minimum atomic E-state index is -0.0577. The number of ether oxygens (including phenoxy) is 2. The Labute approximate surface area is 115 Å². The molecular formula is C16H24O3. The minimum absolute atomic E-state index is 0.0577. The van der Waals surface area contributed by atoms with Gasteiger partial charge in [-0.05, 0) is 57.1 Å². The molecule has 19 heavy (non-hydrogen) atoms. The van der Waals surface area contributed by atoms with Gasteiger partial charge in [-0.1, -0.05) is 13.0 Å². The van der Waals surface area contributed by atoms with Crippen LogP contribution in [0.25, 0.3) is 0 Å². The summed E-state index contributed by atoms with van der Waals surface area (Å²) in [6.07, 6.45) is 10.9. The van der Waals surface area contributed by atoms with Crippen LogP contribution in [0.4, 0.5) is 0 Å². The van der Waals surface area contributed by atoms with Gasteiger partial charge < -0.3 is 9.47 Å². The molecule has 0 bridgehead atoms. The minimum Gasteiger partial charge on any atom is -0.427 e. The van der Waals surface area contributed by atoms with Crippen molar-refractivity contribution in [2.45, 2.75) is 52.1 Å². The molecular weight excluding hydrogens is 240 g/mol. The van der Waals surface area contributed by atoms with Crippen molar-refractivity contribution in [1.82, 2.24) is 0 Å². The maximum Gasteiger partial charge on any atom is 0.314 e. The second-order valence-corrected chi connectivity index (χ2v) is 5.57. The molecule has 0 aromatic heterocycles. The second-order valence-electron chi connectivity index (χ2n) is 5.57. The van der Waals surface area contributed by atoms with E-state index in [-0.39, 0.29) is 18.0 Å². The van der Waals surface area contributed by atoms with E-state index in [1.165, 1.54) is 0 Å². The molecule has 3 nitrogen and oxygen atoms in total. The maximum atomic E-state index is 12.1. The smallest absolute Gasteiger partial charge is 0.314 e. The van der Waals surface area contributed by atoms with Crippen LogP contribution in [0.15, 0.2) is 24.0 Å². The zero-order valence-electron chi connectivity index (χ0n) is 11.9. The van der Waals surface area contributed by atoms with E-state index in [1.54, 1.807) is 0 Å². The molecule has 0 saturated heterocycles. The molecule has 3 heteroatoms. The fraction of sp³-hybridized carbons (Fsp3) is 0.688. The fourth-order valence-corrected chi connectivity index (χ4v) is 2.69. The molecule has 0 aliphatic heterocycles. The number of carbonyl (C=O) groups excluding carboxylic acids is 1. The van der Waals surface area contributed by atoms with E-state index < -0.39 is 0 Å². The van der Waals surface area contributed by atoms with Crippen molar-refractivity contribution in [3.05, 3.63) is 24.0 Å². The van der Waals surface area contributed by atoms with Crippen LogP contribution in [0.2, 0.25) is 0 Å². The second kappa shape index (κ2) is 6.90. The van der Waals surface area contributed by atoms with Crippen molar-refractivity contribution in [2.24, 2.45) is 11.8 Å². The highest BCUT2D eigenvalue weighted by Crippen LogP contribution is 2.30. The van der Waals surface area contributed by atoms with E-state index in [4.69, 9.17) is 9.47 Å². The van der Waals surface area contributed by atoms with E-state index in [1.807, 2.05) is 25.2 Å². The Balaban J connectivity index is 1.79. The van der Waals surface area contributed by atoms with Gasteiger partial charge in [0.15, 0.2) is 0 Å². The third-order valence-electron chi connectivity index (χ3n) is 3.97.